The molecule has 0 aliphatic carbocycles. The van der Waals surface area contributed by atoms with Gasteiger partial charge in [0.1, 0.15) is 10.9 Å². The molecule has 3 rings (SSSR count). The second-order valence-corrected chi connectivity index (χ2v) is 7.26. The third-order valence-corrected chi connectivity index (χ3v) is 4.77. The van der Waals surface area contributed by atoms with Crippen LogP contribution in [0.1, 0.15) is 16.7 Å². The first-order chi connectivity index (χ1) is 12.0. The molecule has 1 aliphatic heterocycles. The second-order valence-electron chi connectivity index (χ2n) is 5.54. The fraction of sp³-hybridized carbons (Fsp3) is 0.158. The smallest absolute Gasteiger partial charge is 0.263 e. The van der Waals surface area contributed by atoms with Crippen molar-refractivity contribution < 1.29 is 14.3 Å². The number of methoxy groups -OCH3 is 1. The number of hydrogen-bond donors (Lipinski definition) is 1. The van der Waals surface area contributed by atoms with Gasteiger partial charge in [-0.15, -0.1) is 0 Å². The van der Waals surface area contributed by atoms with Crippen molar-refractivity contribution in [3.05, 3.63) is 64.1 Å². The van der Waals surface area contributed by atoms with Gasteiger partial charge in [0.25, 0.3) is 5.91 Å². The molecule has 0 unspecified atom stereocenters. The summed E-state index contributed by atoms with van der Waals surface area (Å²) in [5.41, 5.74) is 3.14. The molecule has 1 N–H and O–H groups in total. The van der Waals surface area contributed by atoms with Crippen LogP contribution in [0.15, 0.2) is 47.4 Å². The maximum absolute atomic E-state index is 11.8. The Morgan fingerprint density at radius 2 is 2.04 bits per heavy atom. The number of thioether (sulfide) groups is 1. The van der Waals surface area contributed by atoms with Crippen LogP contribution in [0.3, 0.4) is 0 Å². The van der Waals surface area contributed by atoms with Crippen LogP contribution in [0.5, 0.6) is 11.5 Å². The number of carbonyl (C=O) groups is 1. The minimum atomic E-state index is -0.172. The first kappa shape index (κ1) is 17.5. The monoisotopic (exact) mass is 371 g/mol. The van der Waals surface area contributed by atoms with Gasteiger partial charge in [0.15, 0.2) is 11.5 Å². The zero-order valence-electron chi connectivity index (χ0n) is 13.9. The molecular weight excluding hydrogens is 354 g/mol. The molecule has 1 fully saturated rings. The van der Waals surface area contributed by atoms with Crippen LogP contribution in [0.25, 0.3) is 6.08 Å². The third kappa shape index (κ3) is 4.41. The van der Waals surface area contributed by atoms with Crippen molar-refractivity contribution in [2.45, 2.75) is 13.5 Å². The molecule has 0 aromatic heterocycles. The van der Waals surface area contributed by atoms with Crippen LogP contribution in [-0.2, 0) is 11.4 Å². The van der Waals surface area contributed by atoms with E-state index in [0.717, 1.165) is 11.1 Å². The molecule has 1 heterocycles. The summed E-state index contributed by atoms with van der Waals surface area (Å²) < 4.78 is 11.8. The fourth-order valence-electron chi connectivity index (χ4n) is 2.43. The van der Waals surface area contributed by atoms with E-state index in [1.54, 1.807) is 13.2 Å². The Kier molecular flexibility index (Phi) is 5.40. The molecule has 2 aromatic rings. The summed E-state index contributed by atoms with van der Waals surface area (Å²) in [6.45, 7) is 2.51. The highest BCUT2D eigenvalue weighted by Gasteiger charge is 2.22. The van der Waals surface area contributed by atoms with Gasteiger partial charge in [-0.3, -0.25) is 4.79 Å². The van der Waals surface area contributed by atoms with Crippen molar-refractivity contribution in [3.8, 4) is 11.5 Å². The first-order valence-electron chi connectivity index (χ1n) is 7.66. The van der Waals surface area contributed by atoms with Crippen LogP contribution in [-0.4, -0.2) is 17.3 Å². The number of rotatable bonds is 5. The van der Waals surface area contributed by atoms with Gasteiger partial charge in [-0.25, -0.2) is 0 Å². The number of hydrogen-bond acceptors (Lipinski definition) is 5. The van der Waals surface area contributed by atoms with Gasteiger partial charge in [0.2, 0.25) is 0 Å². The standard InChI is InChI=1S/C19H17NO3S2/c1-12-4-3-5-14(8-12)11-23-15-7-6-13(9-16(15)22-2)10-17-18(21)20-19(24)25-17/h3-10H,11H2,1-2H3,(H,20,21,24)/b17-10+. The SMILES string of the molecule is COc1cc(/C=C2/SC(=S)NC2=O)ccc1OCc1cccc(C)c1. The Morgan fingerprint density at radius 1 is 1.20 bits per heavy atom. The van der Waals surface area contributed by atoms with Gasteiger partial charge in [-0.2, -0.15) is 0 Å². The third-order valence-electron chi connectivity index (χ3n) is 3.60. The van der Waals surface area contributed by atoms with Gasteiger partial charge in [-0.05, 0) is 36.3 Å². The molecule has 0 spiro atoms. The van der Waals surface area contributed by atoms with E-state index in [1.165, 1.54) is 17.3 Å². The Labute approximate surface area is 156 Å². The second kappa shape index (κ2) is 7.72. The zero-order chi connectivity index (χ0) is 17.8. The molecule has 0 saturated carbocycles. The minimum Gasteiger partial charge on any atom is -0.493 e. The summed E-state index contributed by atoms with van der Waals surface area (Å²) in [6, 6.07) is 13.7. The maximum Gasteiger partial charge on any atom is 0.263 e. The quantitative estimate of drug-likeness (QED) is 0.634. The Bertz CT molecular complexity index is 861. The average molecular weight is 371 g/mol. The number of aryl methyl sites for hydroxylation is 1. The van der Waals surface area contributed by atoms with E-state index in [4.69, 9.17) is 21.7 Å². The van der Waals surface area contributed by atoms with E-state index in [0.29, 0.717) is 27.3 Å². The normalized spacial score (nSPS) is 15.4. The van der Waals surface area contributed by atoms with Crippen LogP contribution in [0.4, 0.5) is 0 Å². The summed E-state index contributed by atoms with van der Waals surface area (Å²) in [5, 5.41) is 2.60. The summed E-state index contributed by atoms with van der Waals surface area (Å²) in [7, 11) is 1.60. The molecule has 6 heteroatoms. The van der Waals surface area contributed by atoms with Crippen molar-refractivity contribution >= 4 is 40.3 Å². The van der Waals surface area contributed by atoms with Gasteiger partial charge in [0, 0.05) is 0 Å². The van der Waals surface area contributed by atoms with Gasteiger partial charge < -0.3 is 14.8 Å². The van der Waals surface area contributed by atoms with Crippen molar-refractivity contribution in [1.29, 1.82) is 0 Å². The van der Waals surface area contributed by atoms with E-state index < -0.39 is 0 Å². The van der Waals surface area contributed by atoms with Gasteiger partial charge in [-0.1, -0.05) is 59.9 Å². The van der Waals surface area contributed by atoms with Crippen LogP contribution < -0.4 is 14.8 Å². The lowest BCUT2D eigenvalue weighted by Crippen LogP contribution is -2.17. The number of thiocarbonyl (C=S) groups is 1. The minimum absolute atomic E-state index is 0.172. The van der Waals surface area contributed by atoms with Crippen molar-refractivity contribution in [3.63, 3.8) is 0 Å². The molecule has 1 saturated heterocycles. The Balaban J connectivity index is 1.77. The molecule has 128 valence electrons. The number of ether oxygens (including phenoxy) is 2. The molecule has 0 radical (unpaired) electrons. The van der Waals surface area contributed by atoms with Gasteiger partial charge in [0.05, 0.1) is 12.0 Å². The number of amides is 1. The molecule has 4 nitrogen and oxygen atoms in total. The van der Waals surface area contributed by atoms with E-state index in [9.17, 15) is 4.79 Å². The fourth-order valence-corrected chi connectivity index (χ4v) is 3.47. The lowest BCUT2D eigenvalue weighted by atomic mass is 10.1. The Morgan fingerprint density at radius 3 is 2.72 bits per heavy atom. The highest BCUT2D eigenvalue weighted by atomic mass is 32.2. The summed E-state index contributed by atoms with van der Waals surface area (Å²) in [5.74, 6) is 1.10. The van der Waals surface area contributed by atoms with Crippen molar-refractivity contribution in [1.82, 2.24) is 5.32 Å². The predicted molar refractivity (Wildman–Crippen MR) is 105 cm³/mol. The topological polar surface area (TPSA) is 47.6 Å². The highest BCUT2D eigenvalue weighted by molar-refractivity contribution is 8.26. The van der Waals surface area contributed by atoms with Crippen LogP contribution in [0, 0.1) is 6.92 Å². The molecular formula is C19H17NO3S2. The number of carbonyl (C=O) groups excluding carboxylic acids is 1. The summed E-state index contributed by atoms with van der Waals surface area (Å²) in [6.07, 6.45) is 1.78. The number of nitrogens with one attached hydrogen (secondary N) is 1. The molecule has 0 atom stereocenters. The molecule has 0 bridgehead atoms. The molecule has 1 aliphatic rings. The maximum atomic E-state index is 11.8. The van der Waals surface area contributed by atoms with E-state index in [1.807, 2.05) is 30.3 Å². The molecule has 1 amide bonds. The zero-order valence-corrected chi connectivity index (χ0v) is 15.5. The lowest BCUT2D eigenvalue weighted by Gasteiger charge is -2.12. The Hall–Kier alpha value is -2.31. The van der Waals surface area contributed by atoms with E-state index in [2.05, 4.69) is 24.4 Å². The van der Waals surface area contributed by atoms with Crippen LogP contribution in [0.2, 0.25) is 0 Å². The van der Waals surface area contributed by atoms with Crippen LogP contribution >= 0.6 is 24.0 Å². The molecule has 25 heavy (non-hydrogen) atoms. The lowest BCUT2D eigenvalue weighted by molar-refractivity contribution is -0.115. The van der Waals surface area contributed by atoms with Gasteiger partial charge >= 0.3 is 0 Å². The average Bonchev–Trinajstić information content (AvgIpc) is 2.91. The summed E-state index contributed by atoms with van der Waals surface area (Å²) >= 11 is 6.25. The summed E-state index contributed by atoms with van der Waals surface area (Å²) in [4.78, 5) is 12.3. The first-order valence-corrected chi connectivity index (χ1v) is 8.89. The largest absolute Gasteiger partial charge is 0.493 e. The van der Waals surface area contributed by atoms with Crippen molar-refractivity contribution in [2.75, 3.05) is 7.11 Å². The molecule has 2 aromatic carbocycles. The van der Waals surface area contributed by atoms with E-state index >= 15 is 0 Å². The van der Waals surface area contributed by atoms with Crippen molar-refractivity contribution in [2.24, 2.45) is 0 Å². The van der Waals surface area contributed by atoms with E-state index in [-0.39, 0.29) is 5.91 Å². The highest BCUT2D eigenvalue weighted by Crippen LogP contribution is 2.32. The number of benzene rings is 2. The predicted octanol–water partition coefficient (Wildman–Crippen LogP) is 4.07.